The van der Waals surface area contributed by atoms with Gasteiger partial charge >= 0.3 is 5.95 Å². The lowest BCUT2D eigenvalue weighted by Gasteiger charge is -2.30. The molecule has 1 amide bonds. The van der Waals surface area contributed by atoms with Crippen LogP contribution in [-0.2, 0) is 21.4 Å². The highest BCUT2D eigenvalue weighted by Gasteiger charge is 2.32. The quantitative estimate of drug-likeness (QED) is 0.361. The van der Waals surface area contributed by atoms with Gasteiger partial charge in [0.05, 0.1) is 20.8 Å². The fraction of sp³-hybridized carbons (Fsp3) is 0.471. The summed E-state index contributed by atoms with van der Waals surface area (Å²) in [4.78, 5) is 23.4. The predicted molar refractivity (Wildman–Crippen MR) is 108 cm³/mol. The number of tetrazole rings is 1. The molecule has 1 saturated heterocycles. The maximum Gasteiger partial charge on any atom is 0.514 e. The van der Waals surface area contributed by atoms with Gasteiger partial charge in [-0.25, -0.2) is 13.8 Å². The van der Waals surface area contributed by atoms with Gasteiger partial charge in [-0.05, 0) is 43.7 Å². The van der Waals surface area contributed by atoms with E-state index in [0.717, 1.165) is 10.4 Å². The number of aryl methyl sites for hydroxylation is 1. The highest BCUT2D eigenvalue weighted by molar-refractivity contribution is 7.89. The van der Waals surface area contributed by atoms with E-state index in [4.69, 9.17) is 0 Å². The van der Waals surface area contributed by atoms with Crippen molar-refractivity contribution in [2.24, 2.45) is 11.0 Å². The van der Waals surface area contributed by atoms with Crippen molar-refractivity contribution in [2.75, 3.05) is 13.1 Å². The molecule has 2 aromatic rings. The summed E-state index contributed by atoms with van der Waals surface area (Å²) in [5.74, 6) is -1.31. The van der Waals surface area contributed by atoms with E-state index in [-0.39, 0.29) is 36.4 Å². The second-order valence-electron chi connectivity index (χ2n) is 7.19. The summed E-state index contributed by atoms with van der Waals surface area (Å²) in [6.07, 6.45) is 0.755. The van der Waals surface area contributed by atoms with Crippen LogP contribution in [0.15, 0.2) is 34.3 Å². The third kappa shape index (κ3) is 5.46. The van der Waals surface area contributed by atoms with E-state index in [2.05, 4.69) is 25.9 Å². The number of aromatic nitrogens is 4. The number of hydrogen-bond donors (Lipinski definition) is 1. The van der Waals surface area contributed by atoms with Crippen LogP contribution in [0.2, 0.25) is 0 Å². The summed E-state index contributed by atoms with van der Waals surface area (Å²) in [6, 6.07) is 6.67. The minimum Gasteiger partial charge on any atom is -0.390 e. The Labute approximate surface area is 178 Å². The van der Waals surface area contributed by atoms with E-state index >= 15 is 0 Å². The zero-order valence-corrected chi connectivity index (χ0v) is 17.8. The first kappa shape index (κ1) is 22.4. The smallest absolute Gasteiger partial charge is 0.390 e. The Hall–Kier alpha value is -3.26. The summed E-state index contributed by atoms with van der Waals surface area (Å²) in [6.45, 7) is 3.99. The fourth-order valence-electron chi connectivity index (χ4n) is 3.07. The molecule has 1 N–H and O–H groups in total. The molecular formula is C17H22N8O5S. The molecule has 0 radical (unpaired) electrons. The predicted octanol–water partition coefficient (Wildman–Crippen LogP) is 0.483. The van der Waals surface area contributed by atoms with Gasteiger partial charge in [-0.15, -0.1) is 0 Å². The van der Waals surface area contributed by atoms with Crippen LogP contribution in [0.25, 0.3) is 0 Å². The number of carbonyl (C=O) groups excluding carboxylic acids is 1. The number of nitro groups is 1. The number of benzene rings is 1. The molecule has 1 aromatic heterocycles. The van der Waals surface area contributed by atoms with Crippen LogP contribution in [0.4, 0.5) is 5.95 Å². The highest BCUT2D eigenvalue weighted by Crippen LogP contribution is 2.24. The topological polar surface area (TPSA) is 166 Å². The number of hydrogen-bond acceptors (Lipinski definition) is 9. The molecule has 31 heavy (non-hydrogen) atoms. The molecule has 166 valence electrons. The van der Waals surface area contributed by atoms with Gasteiger partial charge in [-0.3, -0.25) is 4.79 Å². The van der Waals surface area contributed by atoms with Crippen LogP contribution in [0, 0.1) is 23.0 Å². The Morgan fingerprint density at radius 2 is 1.94 bits per heavy atom. The minimum atomic E-state index is -3.59. The average Bonchev–Trinajstić information content (AvgIpc) is 3.21. The van der Waals surface area contributed by atoms with Crippen LogP contribution >= 0.6 is 0 Å². The zero-order chi connectivity index (χ0) is 22.6. The van der Waals surface area contributed by atoms with Gasteiger partial charge in [-0.1, -0.05) is 22.5 Å². The molecule has 0 aliphatic carbocycles. The van der Waals surface area contributed by atoms with Gasteiger partial charge in [0.1, 0.15) is 6.54 Å². The normalized spacial score (nSPS) is 16.3. The number of rotatable bonds is 7. The summed E-state index contributed by atoms with van der Waals surface area (Å²) in [7, 11) is -3.59. The fourth-order valence-corrected chi connectivity index (χ4v) is 4.54. The van der Waals surface area contributed by atoms with Crippen LogP contribution in [0.5, 0.6) is 0 Å². The van der Waals surface area contributed by atoms with E-state index in [9.17, 15) is 23.3 Å². The van der Waals surface area contributed by atoms with Crippen molar-refractivity contribution in [1.82, 2.24) is 29.9 Å². The third-order valence-corrected chi connectivity index (χ3v) is 6.73. The molecule has 2 heterocycles. The Bertz CT molecular complexity index is 1090. The molecule has 0 bridgehead atoms. The zero-order valence-electron chi connectivity index (χ0n) is 17.0. The van der Waals surface area contributed by atoms with Crippen molar-refractivity contribution in [3.8, 4) is 0 Å². The lowest BCUT2D eigenvalue weighted by atomic mass is 9.98. The number of piperidine rings is 1. The summed E-state index contributed by atoms with van der Waals surface area (Å²) in [5, 5.41) is 24.9. The van der Waals surface area contributed by atoms with Crippen LogP contribution in [0.1, 0.15) is 25.3 Å². The maximum absolute atomic E-state index is 12.7. The van der Waals surface area contributed by atoms with Gasteiger partial charge in [0, 0.05) is 24.2 Å². The van der Waals surface area contributed by atoms with Crippen molar-refractivity contribution < 1.29 is 18.1 Å². The molecule has 3 rings (SSSR count). The Morgan fingerprint density at radius 1 is 1.29 bits per heavy atom. The van der Waals surface area contributed by atoms with Gasteiger partial charge in [0.25, 0.3) is 0 Å². The Balaban J connectivity index is 1.52. The lowest BCUT2D eigenvalue weighted by Crippen LogP contribution is -2.42. The van der Waals surface area contributed by atoms with E-state index < -0.39 is 20.9 Å². The van der Waals surface area contributed by atoms with E-state index in [0.29, 0.717) is 18.6 Å². The highest BCUT2D eigenvalue weighted by atomic mass is 32.2. The van der Waals surface area contributed by atoms with E-state index in [1.54, 1.807) is 31.2 Å². The molecule has 0 atom stereocenters. The van der Waals surface area contributed by atoms with Crippen molar-refractivity contribution in [2.45, 2.75) is 38.1 Å². The van der Waals surface area contributed by atoms with Crippen molar-refractivity contribution >= 4 is 27.6 Å². The number of amides is 1. The SMILES string of the molecule is CC(Cn1nnc([N+](=O)[O-])n1)=NNC(=O)C1CCN(S(=O)(=O)c2ccc(C)cc2)CC1. The van der Waals surface area contributed by atoms with Gasteiger partial charge in [0.15, 0.2) is 0 Å². The van der Waals surface area contributed by atoms with Crippen LogP contribution in [0.3, 0.4) is 0 Å². The monoisotopic (exact) mass is 450 g/mol. The number of nitrogens with zero attached hydrogens (tertiary/aromatic N) is 7. The molecule has 1 aliphatic rings. The summed E-state index contributed by atoms with van der Waals surface area (Å²) in [5.41, 5.74) is 3.84. The first-order valence-corrected chi connectivity index (χ1v) is 10.9. The standard InChI is InChI=1S/C17H22N8O5S/c1-12-3-5-15(6-4-12)31(29,30)23-9-7-14(8-10-23)16(26)19-18-13(2)11-24-21-17(20-22-24)25(27)28/h3-6,14H,7-11H2,1-2H3,(H,19,26). The van der Waals surface area contributed by atoms with Gasteiger partial charge < -0.3 is 10.1 Å². The third-order valence-electron chi connectivity index (χ3n) is 4.82. The lowest BCUT2D eigenvalue weighted by molar-refractivity contribution is -0.394. The van der Waals surface area contributed by atoms with Crippen molar-refractivity contribution in [1.29, 1.82) is 0 Å². The van der Waals surface area contributed by atoms with Crippen LogP contribution < -0.4 is 5.43 Å². The Morgan fingerprint density at radius 3 is 2.52 bits per heavy atom. The molecular weight excluding hydrogens is 428 g/mol. The van der Waals surface area contributed by atoms with E-state index in [1.807, 2.05) is 6.92 Å². The first-order valence-electron chi connectivity index (χ1n) is 9.49. The average molecular weight is 450 g/mol. The maximum atomic E-state index is 12.7. The molecule has 0 spiro atoms. The number of sulfonamides is 1. The molecule has 13 nitrogen and oxygen atoms in total. The molecule has 14 heteroatoms. The summed E-state index contributed by atoms with van der Waals surface area (Å²) >= 11 is 0. The summed E-state index contributed by atoms with van der Waals surface area (Å²) < 4.78 is 26.9. The van der Waals surface area contributed by atoms with Gasteiger partial charge in [-0.2, -0.15) is 9.41 Å². The van der Waals surface area contributed by atoms with Crippen molar-refractivity contribution in [3.63, 3.8) is 0 Å². The number of carbonyl (C=O) groups is 1. The molecule has 0 saturated carbocycles. The van der Waals surface area contributed by atoms with E-state index in [1.165, 1.54) is 4.31 Å². The molecule has 1 fully saturated rings. The van der Waals surface area contributed by atoms with Crippen molar-refractivity contribution in [3.05, 3.63) is 39.9 Å². The largest absolute Gasteiger partial charge is 0.514 e. The minimum absolute atomic E-state index is 0.0222. The molecule has 1 aliphatic heterocycles. The number of nitrogens with one attached hydrogen (secondary N) is 1. The number of hydrazone groups is 1. The Kier molecular flexibility index (Phi) is 6.70. The van der Waals surface area contributed by atoms with Crippen LogP contribution in [-0.4, -0.2) is 62.6 Å². The molecule has 0 unspecified atom stereocenters. The second-order valence-corrected chi connectivity index (χ2v) is 9.13. The second kappa shape index (κ2) is 9.26. The molecule has 1 aromatic carbocycles. The first-order chi connectivity index (χ1) is 14.7. The van der Waals surface area contributed by atoms with Gasteiger partial charge in [0.2, 0.25) is 15.9 Å².